The van der Waals surface area contributed by atoms with Crippen LogP contribution in [0.3, 0.4) is 0 Å². The molecule has 0 atom stereocenters. The van der Waals surface area contributed by atoms with Crippen LogP contribution in [0.4, 0.5) is 0 Å². The van der Waals surface area contributed by atoms with Crippen LogP contribution in [0.5, 0.6) is 5.75 Å². The third-order valence-electron chi connectivity index (χ3n) is 3.16. The zero-order valence-electron chi connectivity index (χ0n) is 12.5. The maximum Gasteiger partial charge on any atom is 0.372 e. The second-order valence-electron chi connectivity index (χ2n) is 4.72. The predicted molar refractivity (Wildman–Crippen MR) is 81.2 cm³/mol. The van der Waals surface area contributed by atoms with Crippen molar-refractivity contribution in [1.29, 1.82) is 0 Å². The number of nitrogens with two attached hydrogens (primary N) is 1. The fourth-order valence-corrected chi connectivity index (χ4v) is 1.75. The number of rotatable bonds is 5. The molecule has 0 aliphatic rings. The number of carbonyl (C=O) groups excluding carboxylic acids is 1. The number of benzene rings is 1. The molecule has 1 aromatic heterocycles. The Hall–Kier alpha value is -2.89. The summed E-state index contributed by atoms with van der Waals surface area (Å²) in [6.45, 7) is 3.67. The predicted octanol–water partition coefficient (Wildman–Crippen LogP) is 1.36. The zero-order valence-corrected chi connectivity index (χ0v) is 12.5. The molecule has 1 aromatic carbocycles. The lowest BCUT2D eigenvalue weighted by Gasteiger charge is -2.09. The van der Waals surface area contributed by atoms with E-state index in [2.05, 4.69) is 10.1 Å². The monoisotopic (exact) mass is 300 g/mol. The molecular weight excluding hydrogens is 282 g/mol. The normalized spacial score (nSPS) is 11.1. The molecule has 1 heterocycles. The standard InChI is InChI=1S/C16H17N3O3/c1-11-4-3-5-14(12(11)2)21-10-15(20)22-19-16(17)13-6-8-18-9-7-13/h3-9H,10H2,1-2H3,(H2,17,19)/p+1. The van der Waals surface area contributed by atoms with E-state index < -0.39 is 5.97 Å². The minimum atomic E-state index is -0.619. The van der Waals surface area contributed by atoms with Gasteiger partial charge in [0.05, 0.1) is 0 Å². The van der Waals surface area contributed by atoms with Gasteiger partial charge in [-0.2, -0.15) is 0 Å². The number of ether oxygens (including phenoxy) is 1. The van der Waals surface area contributed by atoms with Crippen molar-refractivity contribution in [3.63, 3.8) is 0 Å². The summed E-state index contributed by atoms with van der Waals surface area (Å²) in [5, 5.41) is 3.60. The first-order valence-corrected chi connectivity index (χ1v) is 6.76. The summed E-state index contributed by atoms with van der Waals surface area (Å²) in [6, 6.07) is 9.08. The van der Waals surface area contributed by atoms with Crippen LogP contribution in [0.1, 0.15) is 16.7 Å². The number of carbonyl (C=O) groups is 1. The summed E-state index contributed by atoms with van der Waals surface area (Å²) in [5.74, 6) is 0.146. The van der Waals surface area contributed by atoms with E-state index >= 15 is 0 Å². The van der Waals surface area contributed by atoms with E-state index in [4.69, 9.17) is 15.3 Å². The fourth-order valence-electron chi connectivity index (χ4n) is 1.75. The van der Waals surface area contributed by atoms with Crippen molar-refractivity contribution < 1.29 is 19.4 Å². The smallest absolute Gasteiger partial charge is 0.372 e. The lowest BCUT2D eigenvalue weighted by molar-refractivity contribution is -0.378. The van der Waals surface area contributed by atoms with Crippen molar-refractivity contribution in [2.24, 2.45) is 10.9 Å². The van der Waals surface area contributed by atoms with Crippen molar-refractivity contribution in [3.05, 3.63) is 59.4 Å². The molecule has 6 nitrogen and oxygen atoms in total. The quantitative estimate of drug-likeness (QED) is 0.391. The summed E-state index contributed by atoms with van der Waals surface area (Å²) in [7, 11) is 0. The van der Waals surface area contributed by atoms with Gasteiger partial charge >= 0.3 is 5.97 Å². The summed E-state index contributed by atoms with van der Waals surface area (Å²) < 4.78 is 5.43. The molecule has 0 amide bonds. The third kappa shape index (κ3) is 4.05. The Morgan fingerprint density at radius 2 is 1.95 bits per heavy atom. The highest BCUT2D eigenvalue weighted by atomic mass is 16.7. The number of aromatic nitrogens is 1. The van der Waals surface area contributed by atoms with Crippen LogP contribution in [0.15, 0.2) is 47.9 Å². The average molecular weight is 300 g/mol. The zero-order chi connectivity index (χ0) is 15.9. The van der Waals surface area contributed by atoms with Crippen LogP contribution in [0.2, 0.25) is 0 Å². The van der Waals surface area contributed by atoms with E-state index in [0.717, 1.165) is 11.1 Å². The Morgan fingerprint density at radius 1 is 1.23 bits per heavy atom. The Morgan fingerprint density at radius 3 is 2.68 bits per heavy atom. The maximum absolute atomic E-state index is 11.6. The molecule has 0 bridgehead atoms. The number of amidine groups is 1. The number of oxime groups is 1. The Bertz CT molecular complexity index is 684. The van der Waals surface area contributed by atoms with E-state index in [1.807, 2.05) is 26.0 Å². The van der Waals surface area contributed by atoms with Crippen LogP contribution >= 0.6 is 0 Å². The first-order valence-electron chi connectivity index (χ1n) is 6.76. The van der Waals surface area contributed by atoms with E-state index in [9.17, 15) is 4.79 Å². The molecule has 2 rings (SSSR count). The van der Waals surface area contributed by atoms with Crippen molar-refractivity contribution >= 4 is 11.8 Å². The number of pyridine rings is 1. The molecule has 0 aliphatic heterocycles. The molecule has 22 heavy (non-hydrogen) atoms. The fraction of sp³-hybridized carbons (Fsp3) is 0.188. The molecule has 0 aliphatic carbocycles. The van der Waals surface area contributed by atoms with E-state index in [-0.39, 0.29) is 12.4 Å². The molecule has 114 valence electrons. The number of hydrogen-bond acceptors (Lipinski definition) is 4. The maximum atomic E-state index is 11.6. The minimum Gasteiger partial charge on any atom is -0.482 e. The van der Waals surface area contributed by atoms with E-state index in [1.165, 1.54) is 0 Å². The van der Waals surface area contributed by atoms with Crippen LogP contribution in [-0.4, -0.2) is 18.4 Å². The second-order valence-corrected chi connectivity index (χ2v) is 4.72. The highest BCUT2D eigenvalue weighted by molar-refractivity contribution is 5.97. The average Bonchev–Trinajstić information content (AvgIpc) is 2.54. The van der Waals surface area contributed by atoms with Crippen LogP contribution < -0.4 is 15.5 Å². The minimum absolute atomic E-state index is 0.120. The molecule has 0 saturated carbocycles. The Kier molecular flexibility index (Phi) is 5.08. The number of hydrogen-bond donors (Lipinski definition) is 1. The summed E-state index contributed by atoms with van der Waals surface area (Å²) in [6.07, 6.45) is 3.40. The number of aryl methyl sites for hydroxylation is 1. The molecule has 0 unspecified atom stereocenters. The summed E-state index contributed by atoms with van der Waals surface area (Å²) in [5.41, 5.74) is 8.44. The van der Waals surface area contributed by atoms with Crippen LogP contribution in [-0.2, 0) is 9.63 Å². The topological polar surface area (TPSA) is 88.0 Å². The molecule has 0 radical (unpaired) electrons. The first-order chi connectivity index (χ1) is 10.6. The number of nitrogens with one attached hydrogen (secondary N) is 1. The van der Waals surface area contributed by atoms with Gasteiger partial charge in [0.2, 0.25) is 0 Å². The van der Waals surface area contributed by atoms with Crippen molar-refractivity contribution in [3.8, 4) is 5.75 Å². The van der Waals surface area contributed by atoms with E-state index in [1.54, 1.807) is 30.6 Å². The van der Waals surface area contributed by atoms with Gasteiger partial charge in [0.15, 0.2) is 24.8 Å². The Labute approximate surface area is 128 Å². The van der Waals surface area contributed by atoms with Gasteiger partial charge in [-0.15, -0.1) is 0 Å². The number of nitrogens with zero attached hydrogens (tertiary/aromatic N) is 1. The largest absolute Gasteiger partial charge is 0.482 e. The summed E-state index contributed by atoms with van der Waals surface area (Å²) >= 11 is 0. The van der Waals surface area contributed by atoms with Gasteiger partial charge in [-0.3, -0.25) is 0 Å². The van der Waals surface area contributed by atoms with Gasteiger partial charge in [-0.25, -0.2) is 9.78 Å². The van der Waals surface area contributed by atoms with Crippen LogP contribution in [0.25, 0.3) is 0 Å². The van der Waals surface area contributed by atoms with Gasteiger partial charge in [-0.1, -0.05) is 17.3 Å². The molecule has 0 spiro atoms. The lowest BCUT2D eigenvalue weighted by atomic mass is 10.1. The molecular formula is C16H18N3O3+. The molecule has 0 fully saturated rings. The van der Waals surface area contributed by atoms with Crippen molar-refractivity contribution in [1.82, 2.24) is 0 Å². The first kappa shape index (κ1) is 15.5. The van der Waals surface area contributed by atoms with E-state index in [0.29, 0.717) is 11.3 Å². The molecule has 6 heteroatoms. The van der Waals surface area contributed by atoms with Gasteiger partial charge in [0, 0.05) is 17.7 Å². The second kappa shape index (κ2) is 7.21. The number of aromatic amines is 1. The van der Waals surface area contributed by atoms with Gasteiger partial charge in [0.25, 0.3) is 0 Å². The van der Waals surface area contributed by atoms with Gasteiger partial charge in [0.1, 0.15) is 5.75 Å². The van der Waals surface area contributed by atoms with Crippen LogP contribution in [0, 0.1) is 13.8 Å². The Balaban J connectivity index is 1.90. The molecule has 2 aromatic rings. The third-order valence-corrected chi connectivity index (χ3v) is 3.16. The van der Waals surface area contributed by atoms with Crippen molar-refractivity contribution in [2.45, 2.75) is 13.8 Å². The van der Waals surface area contributed by atoms with Gasteiger partial charge in [-0.05, 0) is 31.0 Å². The highest BCUT2D eigenvalue weighted by Gasteiger charge is 2.08. The lowest BCUT2D eigenvalue weighted by Crippen LogP contribution is -2.18. The highest BCUT2D eigenvalue weighted by Crippen LogP contribution is 2.20. The molecule has 3 N–H and O–H groups in total. The summed E-state index contributed by atoms with van der Waals surface area (Å²) in [4.78, 5) is 19.2. The van der Waals surface area contributed by atoms with Gasteiger partial charge < -0.3 is 15.3 Å². The SMILES string of the molecule is Cc1cccc(OCC(=O)ON=C(N)c2cc[nH+]cc2)c1C. The van der Waals surface area contributed by atoms with Crippen molar-refractivity contribution in [2.75, 3.05) is 6.61 Å². The number of H-pyrrole nitrogens is 1. The molecule has 0 saturated heterocycles.